The van der Waals surface area contributed by atoms with Crippen LogP contribution >= 0.6 is 0 Å². The Bertz CT molecular complexity index is 1380. The molecule has 0 aromatic carbocycles. The number of ketones is 1. The number of hydrogen-bond acceptors (Lipinski definition) is 11. The van der Waals surface area contributed by atoms with E-state index in [1.54, 1.807) is 20.8 Å². The summed E-state index contributed by atoms with van der Waals surface area (Å²) in [6.07, 6.45) is -38.4. The lowest BCUT2D eigenvalue weighted by Gasteiger charge is -2.44. The van der Waals surface area contributed by atoms with Crippen LogP contribution < -0.4 is 0 Å². The van der Waals surface area contributed by atoms with Gasteiger partial charge in [-0.1, -0.05) is 31.6 Å². The van der Waals surface area contributed by atoms with Crippen LogP contribution in [0, 0.1) is 5.41 Å². The molecule has 0 amide bonds. The molecule has 0 radical (unpaired) electrons. The molecule has 1 heterocycles. The first-order valence-electron chi connectivity index (χ1n) is 13.7. The van der Waals surface area contributed by atoms with E-state index in [1.165, 1.54) is 6.08 Å². The number of carbonyl (C=O) groups excluding carboxylic acids is 5. The number of esters is 4. The molecule has 0 aromatic heterocycles. The highest BCUT2D eigenvalue weighted by Crippen LogP contribution is 2.40. The molecule has 2 aliphatic rings. The van der Waals surface area contributed by atoms with E-state index in [1.807, 2.05) is 0 Å². The molecule has 0 bridgehead atoms. The van der Waals surface area contributed by atoms with Crippen molar-refractivity contribution in [3.8, 4) is 0 Å². The van der Waals surface area contributed by atoms with Crippen LogP contribution in [0.15, 0.2) is 23.3 Å². The summed E-state index contributed by atoms with van der Waals surface area (Å²) >= 11 is 0. The monoisotopic (exact) mass is 754 g/mol. The maximum absolute atomic E-state index is 13.2. The first-order valence-corrected chi connectivity index (χ1v) is 13.7. The molecule has 50 heavy (non-hydrogen) atoms. The van der Waals surface area contributed by atoms with Gasteiger partial charge in [-0.05, 0) is 24.8 Å². The Morgan fingerprint density at radius 3 is 1.66 bits per heavy atom. The van der Waals surface area contributed by atoms with Crippen LogP contribution in [-0.4, -0.2) is 97.8 Å². The molecule has 23 heteroatoms. The van der Waals surface area contributed by atoms with Gasteiger partial charge in [-0.3, -0.25) is 4.79 Å². The van der Waals surface area contributed by atoms with E-state index >= 15 is 0 Å². The smallest absolute Gasteiger partial charge is 0.456 e. The van der Waals surface area contributed by atoms with Crippen molar-refractivity contribution in [3.05, 3.63) is 23.3 Å². The van der Waals surface area contributed by atoms with Gasteiger partial charge in [0.2, 0.25) is 0 Å². The van der Waals surface area contributed by atoms with Crippen LogP contribution in [0.4, 0.5) is 52.7 Å². The van der Waals surface area contributed by atoms with Gasteiger partial charge < -0.3 is 28.4 Å². The minimum Gasteiger partial charge on any atom is -0.456 e. The van der Waals surface area contributed by atoms with E-state index in [0.717, 1.165) is 13.0 Å². The highest BCUT2D eigenvalue weighted by atomic mass is 19.4. The zero-order chi connectivity index (χ0) is 38.8. The second-order valence-electron chi connectivity index (χ2n) is 11.4. The van der Waals surface area contributed by atoms with Gasteiger partial charge in [0.1, 0.15) is 18.5 Å². The lowest BCUT2D eigenvalue weighted by molar-refractivity contribution is -0.325. The standard InChI is InChI=1S/C27H26F12O11/c1-10-7-12(40)8-23(3,4)13(10)6-5-11(2)46-18-17(50-22(44)27(37,38)39)16(49-21(43)26(34,35)36)15(48-20(42)25(31,32)33)14(47-18)9-45-19(41)24(28,29)30/h5-6,11,14-18H,7-9H2,1-4H3/b6-5+/t11?,14-,15-,16+,17-,18-/m0/s1. The second-order valence-corrected chi connectivity index (χ2v) is 11.4. The molecule has 1 aliphatic heterocycles. The summed E-state index contributed by atoms with van der Waals surface area (Å²) in [5.41, 5.74) is 0.299. The van der Waals surface area contributed by atoms with Gasteiger partial charge in [-0.25, -0.2) is 19.2 Å². The van der Waals surface area contributed by atoms with Gasteiger partial charge >= 0.3 is 48.6 Å². The topological polar surface area (TPSA) is 141 Å². The predicted octanol–water partition coefficient (Wildman–Crippen LogP) is 4.91. The van der Waals surface area contributed by atoms with Crippen molar-refractivity contribution >= 4 is 29.7 Å². The third kappa shape index (κ3) is 11.3. The van der Waals surface area contributed by atoms with Gasteiger partial charge in [0, 0.05) is 12.8 Å². The van der Waals surface area contributed by atoms with Crippen LogP contribution in [0.1, 0.15) is 40.5 Å². The number of allylic oxidation sites excluding steroid dienone is 3. The molecular formula is C27H26F12O11. The van der Waals surface area contributed by atoms with Crippen LogP contribution in [0.5, 0.6) is 0 Å². The van der Waals surface area contributed by atoms with Gasteiger partial charge in [-0.2, -0.15) is 52.7 Å². The maximum Gasteiger partial charge on any atom is 0.490 e. The van der Waals surface area contributed by atoms with E-state index in [9.17, 15) is 76.7 Å². The average molecular weight is 754 g/mol. The maximum atomic E-state index is 13.2. The Morgan fingerprint density at radius 2 is 1.22 bits per heavy atom. The number of Topliss-reactive ketones (excluding diaryl/α,β-unsaturated/α-hetero) is 1. The van der Waals surface area contributed by atoms with Crippen molar-refractivity contribution in [1.82, 2.24) is 0 Å². The lowest BCUT2D eigenvalue weighted by atomic mass is 9.72. The summed E-state index contributed by atoms with van der Waals surface area (Å²) in [7, 11) is 0. The van der Waals surface area contributed by atoms with Gasteiger partial charge in [0.25, 0.3) is 0 Å². The van der Waals surface area contributed by atoms with Crippen molar-refractivity contribution < 1.29 is 105 Å². The van der Waals surface area contributed by atoms with E-state index in [4.69, 9.17) is 9.47 Å². The highest BCUT2D eigenvalue weighted by Gasteiger charge is 2.59. The molecular weight excluding hydrogens is 728 g/mol. The Labute approximate surface area is 272 Å². The molecule has 1 unspecified atom stereocenters. The quantitative estimate of drug-likeness (QED) is 0.180. The van der Waals surface area contributed by atoms with Gasteiger partial charge in [0.15, 0.2) is 24.6 Å². The molecule has 1 fully saturated rings. The fourth-order valence-corrected chi connectivity index (χ4v) is 4.81. The van der Waals surface area contributed by atoms with E-state index in [-0.39, 0.29) is 18.6 Å². The minimum absolute atomic E-state index is 0.0160. The molecule has 0 saturated carbocycles. The second kappa shape index (κ2) is 15.2. The number of halogens is 12. The third-order valence-electron chi connectivity index (χ3n) is 6.80. The molecule has 1 saturated heterocycles. The summed E-state index contributed by atoms with van der Waals surface area (Å²) < 4.78 is 183. The van der Waals surface area contributed by atoms with Crippen molar-refractivity contribution in [1.29, 1.82) is 0 Å². The van der Waals surface area contributed by atoms with Crippen LogP contribution in [0.2, 0.25) is 0 Å². The molecule has 0 N–H and O–H groups in total. The fourth-order valence-electron chi connectivity index (χ4n) is 4.81. The predicted molar refractivity (Wildman–Crippen MR) is 134 cm³/mol. The SMILES string of the molecule is CC1=C(/C=C/C(C)O[C@H]2O[C@@H](COC(=O)C(F)(F)F)[C@H](OC(=O)C(F)(F)F)[C@@H](OC(=O)C(F)(F)F)[C@@H]2OC(=O)C(F)(F)F)C(C)(C)CC(=O)C1. The minimum atomic E-state index is -6.08. The molecule has 1 aliphatic carbocycles. The fraction of sp³-hybridized carbons (Fsp3) is 0.667. The molecule has 6 atom stereocenters. The Balaban J connectivity index is 2.70. The van der Waals surface area contributed by atoms with Crippen molar-refractivity contribution in [3.63, 3.8) is 0 Å². The molecule has 0 spiro atoms. The van der Waals surface area contributed by atoms with Crippen molar-refractivity contribution in [2.45, 2.75) is 102 Å². The Kier molecular flexibility index (Phi) is 12.8. The normalized spacial score (nSPS) is 25.6. The van der Waals surface area contributed by atoms with Crippen molar-refractivity contribution in [2.75, 3.05) is 6.61 Å². The largest absolute Gasteiger partial charge is 0.490 e. The molecule has 2 rings (SSSR count). The van der Waals surface area contributed by atoms with E-state index < -0.39 is 97.4 Å². The van der Waals surface area contributed by atoms with Crippen LogP contribution in [-0.2, 0) is 52.4 Å². The summed E-state index contributed by atoms with van der Waals surface area (Å²) in [4.78, 5) is 58.6. The zero-order valence-corrected chi connectivity index (χ0v) is 25.8. The first-order chi connectivity index (χ1) is 22.4. The van der Waals surface area contributed by atoms with Crippen molar-refractivity contribution in [2.24, 2.45) is 5.41 Å². The molecule has 11 nitrogen and oxygen atoms in total. The first kappa shape index (κ1) is 42.3. The Morgan fingerprint density at radius 1 is 0.780 bits per heavy atom. The number of ether oxygens (including phenoxy) is 6. The Hall–Kier alpha value is -3.89. The zero-order valence-electron chi connectivity index (χ0n) is 25.8. The number of alkyl halides is 12. The lowest BCUT2D eigenvalue weighted by Crippen LogP contribution is -2.64. The molecule has 0 aromatic rings. The number of carbonyl (C=O) groups is 5. The summed E-state index contributed by atoms with van der Waals surface area (Å²) in [5, 5.41) is 0. The van der Waals surface area contributed by atoms with E-state index in [2.05, 4.69) is 18.9 Å². The van der Waals surface area contributed by atoms with E-state index in [0.29, 0.717) is 11.1 Å². The number of hydrogen-bond donors (Lipinski definition) is 0. The number of rotatable bonds is 9. The molecule has 284 valence electrons. The summed E-state index contributed by atoms with van der Waals surface area (Å²) in [6, 6.07) is 0. The average Bonchev–Trinajstić information content (AvgIpc) is 2.91. The van der Waals surface area contributed by atoms with Gasteiger partial charge in [-0.15, -0.1) is 0 Å². The summed E-state index contributed by atoms with van der Waals surface area (Å²) in [5.74, 6) is -13.2. The summed E-state index contributed by atoms with van der Waals surface area (Å²) in [6.45, 7) is 4.00. The van der Waals surface area contributed by atoms with Crippen LogP contribution in [0.3, 0.4) is 0 Å². The van der Waals surface area contributed by atoms with Crippen LogP contribution in [0.25, 0.3) is 0 Å². The highest BCUT2D eigenvalue weighted by molar-refractivity contribution is 5.84. The van der Waals surface area contributed by atoms with Gasteiger partial charge in [0.05, 0.1) is 6.10 Å². The third-order valence-corrected chi connectivity index (χ3v) is 6.80.